The molecule has 4 rings (SSSR count). The number of aryl methyl sites for hydroxylation is 1. The third kappa shape index (κ3) is 3.52. The third-order valence-corrected chi connectivity index (χ3v) is 4.96. The van der Waals surface area contributed by atoms with Gasteiger partial charge in [0.15, 0.2) is 0 Å². The van der Waals surface area contributed by atoms with Gasteiger partial charge in [-0.2, -0.15) is 4.98 Å². The second-order valence-electron chi connectivity index (χ2n) is 7.41. The van der Waals surface area contributed by atoms with Crippen LogP contribution >= 0.6 is 0 Å². The molecule has 2 heterocycles. The number of benzene rings is 1. The van der Waals surface area contributed by atoms with Gasteiger partial charge in [-0.25, -0.2) is 4.98 Å². The van der Waals surface area contributed by atoms with Crippen LogP contribution < -0.4 is 10.6 Å². The monoisotopic (exact) mass is 364 g/mol. The van der Waals surface area contributed by atoms with Crippen LogP contribution in [0.1, 0.15) is 54.2 Å². The van der Waals surface area contributed by atoms with Gasteiger partial charge in [-0.05, 0) is 39.2 Å². The summed E-state index contributed by atoms with van der Waals surface area (Å²) < 4.78 is 5.87. The summed E-state index contributed by atoms with van der Waals surface area (Å²) in [5.74, 6) is 1.77. The molecule has 0 radical (unpaired) electrons. The molecule has 27 heavy (non-hydrogen) atoms. The molecule has 0 spiro atoms. The molecule has 0 bridgehead atoms. The first kappa shape index (κ1) is 17.5. The molecule has 6 nitrogen and oxygen atoms in total. The normalized spacial score (nSPS) is 14.9. The minimum absolute atomic E-state index is 0.0228. The molecule has 0 unspecified atom stereocenters. The first-order valence-electron chi connectivity index (χ1n) is 9.39. The number of hydrogen-bond acceptors (Lipinski definition) is 5. The fourth-order valence-corrected chi connectivity index (χ4v) is 3.22. The maximum Gasteiger partial charge on any atom is 0.255 e. The van der Waals surface area contributed by atoms with Crippen LogP contribution in [0.5, 0.6) is 0 Å². The van der Waals surface area contributed by atoms with Gasteiger partial charge in [-0.1, -0.05) is 30.3 Å². The van der Waals surface area contributed by atoms with E-state index in [9.17, 15) is 4.79 Å². The number of rotatable bonds is 6. The van der Waals surface area contributed by atoms with Crippen molar-refractivity contribution in [3.63, 3.8) is 0 Å². The minimum Gasteiger partial charge on any atom is -0.442 e. The summed E-state index contributed by atoms with van der Waals surface area (Å²) in [4.78, 5) is 22.0. The van der Waals surface area contributed by atoms with Crippen molar-refractivity contribution in [1.82, 2.24) is 15.3 Å². The molecule has 1 aromatic carbocycles. The number of nitrogens with one attached hydrogen (secondary N) is 2. The highest BCUT2D eigenvalue weighted by Gasteiger charge is 2.38. The predicted octanol–water partition coefficient (Wildman–Crippen LogP) is 3.84. The van der Waals surface area contributed by atoms with Crippen LogP contribution in [0.4, 0.5) is 5.82 Å². The molecule has 1 fully saturated rings. The van der Waals surface area contributed by atoms with Crippen molar-refractivity contribution in [2.45, 2.75) is 45.6 Å². The molecule has 2 N–H and O–H groups in total. The van der Waals surface area contributed by atoms with Gasteiger partial charge in [0, 0.05) is 18.5 Å². The molecule has 1 aliphatic rings. The Bertz CT molecular complexity index is 990. The van der Waals surface area contributed by atoms with Crippen molar-refractivity contribution >= 4 is 22.8 Å². The second kappa shape index (κ2) is 6.68. The van der Waals surface area contributed by atoms with E-state index in [0.29, 0.717) is 47.0 Å². The molecule has 1 amide bonds. The predicted molar refractivity (Wildman–Crippen MR) is 105 cm³/mol. The van der Waals surface area contributed by atoms with Gasteiger partial charge in [0.05, 0.1) is 10.9 Å². The molecule has 1 saturated carbocycles. The Hall–Kier alpha value is -2.89. The highest BCUT2D eigenvalue weighted by atomic mass is 16.3. The molecule has 2 aromatic heterocycles. The Balaban J connectivity index is 1.82. The summed E-state index contributed by atoms with van der Waals surface area (Å²) in [6.07, 6.45) is 2.78. The Morgan fingerprint density at radius 1 is 1.22 bits per heavy atom. The van der Waals surface area contributed by atoms with E-state index in [-0.39, 0.29) is 11.4 Å². The summed E-state index contributed by atoms with van der Waals surface area (Å²) in [7, 11) is 0. The van der Waals surface area contributed by atoms with Crippen molar-refractivity contribution in [1.29, 1.82) is 0 Å². The Morgan fingerprint density at radius 3 is 2.63 bits per heavy atom. The summed E-state index contributed by atoms with van der Waals surface area (Å²) in [6.45, 7) is 6.41. The number of anilines is 1. The lowest BCUT2D eigenvalue weighted by molar-refractivity contribution is 0.0955. The fourth-order valence-electron chi connectivity index (χ4n) is 3.22. The van der Waals surface area contributed by atoms with Crippen LogP contribution in [-0.4, -0.2) is 28.0 Å². The lowest BCUT2D eigenvalue weighted by Crippen LogP contribution is -2.24. The highest BCUT2D eigenvalue weighted by Crippen LogP contribution is 2.40. The first-order chi connectivity index (χ1) is 13.0. The number of aromatic nitrogens is 2. The second-order valence-corrected chi connectivity index (χ2v) is 7.41. The van der Waals surface area contributed by atoms with Gasteiger partial charge in [-0.3, -0.25) is 4.79 Å². The molecule has 0 atom stereocenters. The van der Waals surface area contributed by atoms with E-state index in [4.69, 9.17) is 9.40 Å². The SMILES string of the molecule is CCNC(=O)c1c(C)oc2nc(Cc3ccccc3)nc(NC3(C)CC3)c12. The van der Waals surface area contributed by atoms with Crippen molar-refractivity contribution in [3.05, 3.63) is 53.0 Å². The Labute approximate surface area is 158 Å². The van der Waals surface area contributed by atoms with Crippen LogP contribution in [0.25, 0.3) is 11.1 Å². The van der Waals surface area contributed by atoms with E-state index < -0.39 is 0 Å². The van der Waals surface area contributed by atoms with Crippen LogP contribution in [0.3, 0.4) is 0 Å². The summed E-state index contributed by atoms with van der Waals surface area (Å²) in [5, 5.41) is 7.05. The van der Waals surface area contributed by atoms with Gasteiger partial charge in [0.2, 0.25) is 5.71 Å². The zero-order chi connectivity index (χ0) is 19.0. The quantitative estimate of drug-likeness (QED) is 0.695. The Morgan fingerprint density at radius 2 is 1.96 bits per heavy atom. The zero-order valence-corrected chi connectivity index (χ0v) is 15.9. The molecule has 140 valence electrons. The van der Waals surface area contributed by atoms with E-state index in [1.165, 1.54) is 0 Å². The van der Waals surface area contributed by atoms with E-state index in [1.54, 1.807) is 6.92 Å². The van der Waals surface area contributed by atoms with Gasteiger partial charge in [0.25, 0.3) is 5.91 Å². The van der Waals surface area contributed by atoms with Crippen LogP contribution in [-0.2, 0) is 6.42 Å². The lowest BCUT2D eigenvalue weighted by atomic mass is 10.1. The van der Waals surface area contributed by atoms with Gasteiger partial charge in [0.1, 0.15) is 17.4 Å². The average Bonchev–Trinajstić information content (AvgIpc) is 3.25. The first-order valence-corrected chi connectivity index (χ1v) is 9.39. The van der Waals surface area contributed by atoms with Gasteiger partial charge >= 0.3 is 0 Å². The van der Waals surface area contributed by atoms with Crippen molar-refractivity contribution in [3.8, 4) is 0 Å². The summed E-state index contributed by atoms with van der Waals surface area (Å²) in [6, 6.07) is 10.1. The average molecular weight is 364 g/mol. The molecular weight excluding hydrogens is 340 g/mol. The van der Waals surface area contributed by atoms with Crippen LogP contribution in [0, 0.1) is 6.92 Å². The van der Waals surface area contributed by atoms with Gasteiger partial charge in [-0.15, -0.1) is 0 Å². The number of nitrogens with zero attached hydrogens (tertiary/aromatic N) is 2. The number of furan rings is 1. The fraction of sp³-hybridized carbons (Fsp3) is 0.381. The van der Waals surface area contributed by atoms with E-state index >= 15 is 0 Å². The summed E-state index contributed by atoms with van der Waals surface area (Å²) >= 11 is 0. The van der Waals surface area contributed by atoms with Crippen LogP contribution in [0.15, 0.2) is 34.7 Å². The number of amides is 1. The number of hydrogen-bond donors (Lipinski definition) is 2. The van der Waals surface area contributed by atoms with E-state index in [0.717, 1.165) is 18.4 Å². The maximum atomic E-state index is 12.6. The molecule has 0 aliphatic heterocycles. The molecular formula is C21H24N4O2. The number of fused-ring (bicyclic) bond motifs is 1. The number of carbonyl (C=O) groups is 1. The standard InChI is InChI=1S/C21H24N4O2/c1-4-22-19(26)16-13(2)27-20-17(16)18(25-21(3)10-11-21)23-15(24-20)12-14-8-6-5-7-9-14/h5-9H,4,10-12H2,1-3H3,(H,22,26)(H,23,24,25). The molecule has 0 saturated heterocycles. The largest absolute Gasteiger partial charge is 0.442 e. The molecule has 3 aromatic rings. The smallest absolute Gasteiger partial charge is 0.255 e. The minimum atomic E-state index is -0.155. The van der Waals surface area contributed by atoms with E-state index in [2.05, 4.69) is 34.7 Å². The molecule has 6 heteroatoms. The Kier molecular flexibility index (Phi) is 4.34. The van der Waals surface area contributed by atoms with Gasteiger partial charge < -0.3 is 15.1 Å². The van der Waals surface area contributed by atoms with Crippen molar-refractivity contribution in [2.75, 3.05) is 11.9 Å². The maximum absolute atomic E-state index is 12.6. The number of carbonyl (C=O) groups excluding carboxylic acids is 1. The third-order valence-electron chi connectivity index (χ3n) is 4.96. The van der Waals surface area contributed by atoms with Crippen LogP contribution in [0.2, 0.25) is 0 Å². The van der Waals surface area contributed by atoms with E-state index in [1.807, 2.05) is 25.1 Å². The molecule has 1 aliphatic carbocycles. The lowest BCUT2D eigenvalue weighted by Gasteiger charge is -2.14. The zero-order valence-electron chi connectivity index (χ0n) is 15.9. The highest BCUT2D eigenvalue weighted by molar-refractivity contribution is 6.10. The van der Waals surface area contributed by atoms with Crippen molar-refractivity contribution in [2.24, 2.45) is 0 Å². The van der Waals surface area contributed by atoms with Crippen molar-refractivity contribution < 1.29 is 9.21 Å². The summed E-state index contributed by atoms with van der Waals surface area (Å²) in [5.41, 5.74) is 2.13. The topological polar surface area (TPSA) is 80.1 Å².